The highest BCUT2D eigenvalue weighted by Gasteiger charge is 2.25. The monoisotopic (exact) mass is 401 g/mol. The molecule has 5 rings (SSSR count). The van der Waals surface area contributed by atoms with Crippen LogP contribution < -0.4 is 4.90 Å². The van der Waals surface area contributed by atoms with E-state index in [1.807, 2.05) is 35.2 Å². The van der Waals surface area contributed by atoms with Gasteiger partial charge in [0.15, 0.2) is 5.13 Å². The summed E-state index contributed by atoms with van der Waals surface area (Å²) in [5.41, 5.74) is 4.40. The molecule has 4 nitrogen and oxygen atoms in total. The SMILES string of the molecule is Cc1cc(C)c2nc(N3CCN(C(=O)c4cccc5ccccc45)CC3)sc2c1. The Morgan fingerprint density at radius 2 is 1.72 bits per heavy atom. The fourth-order valence-electron chi connectivity index (χ4n) is 4.18. The van der Waals surface area contributed by atoms with Crippen LogP contribution in [0.4, 0.5) is 5.13 Å². The first-order chi connectivity index (χ1) is 14.1. The van der Waals surface area contributed by atoms with Crippen molar-refractivity contribution in [3.8, 4) is 0 Å². The number of aromatic nitrogens is 1. The number of hydrogen-bond donors (Lipinski definition) is 0. The van der Waals surface area contributed by atoms with E-state index in [0.29, 0.717) is 0 Å². The molecule has 0 bridgehead atoms. The third-order valence-corrected chi connectivity index (χ3v) is 6.74. The molecule has 0 atom stereocenters. The molecule has 4 aromatic rings. The Kier molecular flexibility index (Phi) is 4.47. The van der Waals surface area contributed by atoms with Gasteiger partial charge in [-0.3, -0.25) is 4.79 Å². The quantitative estimate of drug-likeness (QED) is 0.473. The fraction of sp³-hybridized carbons (Fsp3) is 0.250. The van der Waals surface area contributed by atoms with Crippen LogP contribution in [0.1, 0.15) is 21.5 Å². The summed E-state index contributed by atoms with van der Waals surface area (Å²) in [5.74, 6) is 0.122. The number of anilines is 1. The van der Waals surface area contributed by atoms with E-state index in [0.717, 1.165) is 53.2 Å². The summed E-state index contributed by atoms with van der Waals surface area (Å²) < 4.78 is 1.24. The third-order valence-electron chi connectivity index (χ3n) is 5.68. The Morgan fingerprint density at radius 3 is 2.55 bits per heavy atom. The molecule has 2 heterocycles. The molecule has 0 aliphatic carbocycles. The Bertz CT molecular complexity index is 1220. The number of rotatable bonds is 2. The zero-order valence-electron chi connectivity index (χ0n) is 16.7. The predicted octanol–water partition coefficient (Wildman–Crippen LogP) is 5.03. The lowest BCUT2D eigenvalue weighted by Gasteiger charge is -2.34. The van der Waals surface area contributed by atoms with Crippen molar-refractivity contribution in [1.82, 2.24) is 9.88 Å². The van der Waals surface area contributed by atoms with E-state index >= 15 is 0 Å². The lowest BCUT2D eigenvalue weighted by Crippen LogP contribution is -2.48. The maximum Gasteiger partial charge on any atom is 0.254 e. The van der Waals surface area contributed by atoms with Gasteiger partial charge in [-0.2, -0.15) is 0 Å². The van der Waals surface area contributed by atoms with Crippen LogP contribution in [0, 0.1) is 13.8 Å². The van der Waals surface area contributed by atoms with E-state index in [4.69, 9.17) is 4.98 Å². The maximum atomic E-state index is 13.2. The molecule has 29 heavy (non-hydrogen) atoms. The molecular formula is C24H23N3OS. The Morgan fingerprint density at radius 1 is 0.966 bits per heavy atom. The van der Waals surface area contributed by atoms with Crippen molar-refractivity contribution in [2.24, 2.45) is 0 Å². The normalized spacial score (nSPS) is 14.7. The van der Waals surface area contributed by atoms with Crippen molar-refractivity contribution >= 4 is 43.4 Å². The minimum atomic E-state index is 0.122. The Balaban J connectivity index is 1.35. The average molecular weight is 402 g/mol. The molecule has 146 valence electrons. The summed E-state index contributed by atoms with van der Waals surface area (Å²) in [6.07, 6.45) is 0. The number of thiazole rings is 1. The number of fused-ring (bicyclic) bond motifs is 2. The number of carbonyl (C=O) groups is 1. The molecule has 1 aliphatic heterocycles. The number of hydrogen-bond acceptors (Lipinski definition) is 4. The van der Waals surface area contributed by atoms with Gasteiger partial charge >= 0.3 is 0 Å². The van der Waals surface area contributed by atoms with Crippen LogP contribution in [0.2, 0.25) is 0 Å². The smallest absolute Gasteiger partial charge is 0.254 e. The molecular weight excluding hydrogens is 378 g/mol. The topological polar surface area (TPSA) is 36.4 Å². The summed E-state index contributed by atoms with van der Waals surface area (Å²) in [5, 5.41) is 3.20. The van der Waals surface area contributed by atoms with Crippen LogP contribution >= 0.6 is 11.3 Å². The molecule has 0 N–H and O–H groups in total. The molecule has 0 spiro atoms. The van der Waals surface area contributed by atoms with E-state index in [1.165, 1.54) is 15.8 Å². The fourth-order valence-corrected chi connectivity index (χ4v) is 5.37. The van der Waals surface area contributed by atoms with Crippen molar-refractivity contribution in [3.05, 3.63) is 71.3 Å². The van der Waals surface area contributed by atoms with Crippen LogP contribution in [-0.2, 0) is 0 Å². The average Bonchev–Trinajstić information content (AvgIpc) is 3.17. The maximum absolute atomic E-state index is 13.2. The first-order valence-electron chi connectivity index (χ1n) is 10.00. The van der Waals surface area contributed by atoms with E-state index < -0.39 is 0 Å². The molecule has 3 aromatic carbocycles. The highest BCUT2D eigenvalue weighted by molar-refractivity contribution is 7.22. The number of benzene rings is 3. The zero-order valence-corrected chi connectivity index (χ0v) is 17.5. The second kappa shape index (κ2) is 7.16. The second-order valence-electron chi connectivity index (χ2n) is 7.73. The van der Waals surface area contributed by atoms with E-state index in [1.54, 1.807) is 11.3 Å². The summed E-state index contributed by atoms with van der Waals surface area (Å²) in [6.45, 7) is 7.32. The lowest BCUT2D eigenvalue weighted by molar-refractivity contribution is 0.0749. The molecule has 1 aromatic heterocycles. The molecule has 1 amide bonds. The van der Waals surface area contributed by atoms with Crippen molar-refractivity contribution < 1.29 is 4.79 Å². The Hall–Kier alpha value is -2.92. The first kappa shape index (κ1) is 18.1. The zero-order chi connectivity index (χ0) is 20.0. The molecule has 1 saturated heterocycles. The second-order valence-corrected chi connectivity index (χ2v) is 8.74. The summed E-state index contributed by atoms with van der Waals surface area (Å²) in [4.78, 5) is 22.3. The molecule has 0 saturated carbocycles. The molecule has 1 aliphatic rings. The van der Waals surface area contributed by atoms with Gasteiger partial charge in [0.1, 0.15) is 0 Å². The van der Waals surface area contributed by atoms with Gasteiger partial charge in [-0.05, 0) is 47.9 Å². The van der Waals surface area contributed by atoms with Gasteiger partial charge in [0.25, 0.3) is 5.91 Å². The highest BCUT2D eigenvalue weighted by atomic mass is 32.1. The summed E-state index contributed by atoms with van der Waals surface area (Å²) >= 11 is 1.75. The first-order valence-corrected chi connectivity index (χ1v) is 10.8. The van der Waals surface area contributed by atoms with E-state index in [9.17, 15) is 4.79 Å². The van der Waals surface area contributed by atoms with Gasteiger partial charge in [-0.25, -0.2) is 4.98 Å². The van der Waals surface area contributed by atoms with Crippen LogP contribution in [-0.4, -0.2) is 42.0 Å². The predicted molar refractivity (Wildman–Crippen MR) is 121 cm³/mol. The van der Waals surface area contributed by atoms with Crippen molar-refractivity contribution in [3.63, 3.8) is 0 Å². The van der Waals surface area contributed by atoms with Crippen LogP contribution in [0.5, 0.6) is 0 Å². The van der Waals surface area contributed by atoms with Crippen LogP contribution in [0.25, 0.3) is 21.0 Å². The summed E-state index contributed by atoms with van der Waals surface area (Å²) in [6, 6.07) is 18.5. The molecule has 5 heteroatoms. The van der Waals surface area contributed by atoms with E-state index in [2.05, 4.69) is 43.0 Å². The van der Waals surface area contributed by atoms with Gasteiger partial charge < -0.3 is 9.80 Å². The van der Waals surface area contributed by atoms with Gasteiger partial charge in [0.05, 0.1) is 10.2 Å². The number of nitrogens with zero attached hydrogens (tertiary/aromatic N) is 3. The number of carbonyl (C=O) groups excluding carboxylic acids is 1. The van der Waals surface area contributed by atoms with Gasteiger partial charge in [-0.15, -0.1) is 0 Å². The number of piperazine rings is 1. The van der Waals surface area contributed by atoms with Gasteiger partial charge in [-0.1, -0.05) is 53.8 Å². The van der Waals surface area contributed by atoms with Crippen molar-refractivity contribution in [2.45, 2.75) is 13.8 Å². The summed E-state index contributed by atoms with van der Waals surface area (Å²) in [7, 11) is 0. The van der Waals surface area contributed by atoms with Crippen LogP contribution in [0.15, 0.2) is 54.6 Å². The Labute approximate surface area is 174 Å². The van der Waals surface area contributed by atoms with Crippen molar-refractivity contribution in [2.75, 3.05) is 31.1 Å². The third kappa shape index (κ3) is 3.25. The highest BCUT2D eigenvalue weighted by Crippen LogP contribution is 2.32. The van der Waals surface area contributed by atoms with Crippen LogP contribution in [0.3, 0.4) is 0 Å². The number of aryl methyl sites for hydroxylation is 2. The standard InChI is InChI=1S/C24H23N3OS/c1-16-14-17(2)22-21(15-16)29-24(25-22)27-12-10-26(11-13-27)23(28)20-9-5-7-18-6-3-4-8-19(18)20/h3-9,14-15H,10-13H2,1-2H3. The lowest BCUT2D eigenvalue weighted by atomic mass is 10.0. The van der Waals surface area contributed by atoms with Crippen molar-refractivity contribution in [1.29, 1.82) is 0 Å². The van der Waals surface area contributed by atoms with Gasteiger partial charge in [0.2, 0.25) is 0 Å². The number of amides is 1. The minimum Gasteiger partial charge on any atom is -0.345 e. The minimum absolute atomic E-state index is 0.122. The van der Waals surface area contributed by atoms with E-state index in [-0.39, 0.29) is 5.91 Å². The molecule has 1 fully saturated rings. The van der Waals surface area contributed by atoms with Gasteiger partial charge in [0, 0.05) is 31.7 Å². The molecule has 0 unspecified atom stereocenters. The molecule has 0 radical (unpaired) electrons. The largest absolute Gasteiger partial charge is 0.345 e.